The van der Waals surface area contributed by atoms with E-state index < -0.39 is 11.7 Å². The van der Waals surface area contributed by atoms with Crippen LogP contribution in [0.5, 0.6) is 11.6 Å². The van der Waals surface area contributed by atoms with Gasteiger partial charge in [0.1, 0.15) is 11.6 Å². The first-order valence-corrected chi connectivity index (χ1v) is 14.1. The Hall–Kier alpha value is -4.57. The van der Waals surface area contributed by atoms with Gasteiger partial charge in [-0.15, -0.1) is 0 Å². The predicted octanol–water partition coefficient (Wildman–Crippen LogP) is 6.03. The summed E-state index contributed by atoms with van der Waals surface area (Å²) in [6, 6.07) is 15.6. The zero-order valence-electron chi connectivity index (χ0n) is 24.4. The molecular formula is C32H36FN7O2. The largest absolute Gasteiger partial charge is 0.438 e. The number of carbonyl (C=O) groups is 1. The molecule has 1 aliphatic carbocycles. The predicted molar refractivity (Wildman–Crippen MR) is 164 cm³/mol. The van der Waals surface area contributed by atoms with E-state index in [4.69, 9.17) is 4.74 Å². The van der Waals surface area contributed by atoms with Gasteiger partial charge in [-0.2, -0.15) is 0 Å². The van der Waals surface area contributed by atoms with Crippen LogP contribution in [0.1, 0.15) is 41.1 Å². The van der Waals surface area contributed by atoms with Gasteiger partial charge in [-0.1, -0.05) is 6.07 Å². The lowest BCUT2D eigenvalue weighted by molar-refractivity contribution is 0.102. The third-order valence-corrected chi connectivity index (χ3v) is 7.15. The average molecular weight is 570 g/mol. The lowest BCUT2D eigenvalue weighted by Gasteiger charge is -2.24. The molecule has 9 nitrogen and oxygen atoms in total. The number of amides is 1. The van der Waals surface area contributed by atoms with Crippen molar-refractivity contribution >= 4 is 23.2 Å². The molecule has 1 amide bonds. The number of rotatable bonds is 12. The minimum Gasteiger partial charge on any atom is -0.438 e. The molecule has 0 saturated heterocycles. The summed E-state index contributed by atoms with van der Waals surface area (Å²) in [5.74, 6) is 0.317. The number of aromatic nitrogens is 3. The van der Waals surface area contributed by atoms with Crippen LogP contribution >= 0.6 is 0 Å². The summed E-state index contributed by atoms with van der Waals surface area (Å²) < 4.78 is 21.1. The summed E-state index contributed by atoms with van der Waals surface area (Å²) in [4.78, 5) is 30.8. The van der Waals surface area contributed by atoms with Crippen LogP contribution in [0, 0.1) is 5.82 Å². The Morgan fingerprint density at radius 3 is 2.62 bits per heavy atom. The van der Waals surface area contributed by atoms with Crippen molar-refractivity contribution < 1.29 is 13.9 Å². The maximum absolute atomic E-state index is 15.0. The van der Waals surface area contributed by atoms with Crippen LogP contribution in [0.25, 0.3) is 11.3 Å². The Balaban J connectivity index is 1.39. The fourth-order valence-electron chi connectivity index (χ4n) is 4.74. The van der Waals surface area contributed by atoms with Crippen LogP contribution in [0.15, 0.2) is 67.0 Å². The molecule has 1 saturated carbocycles. The van der Waals surface area contributed by atoms with E-state index in [2.05, 4.69) is 41.5 Å². The molecule has 0 unspecified atom stereocenters. The van der Waals surface area contributed by atoms with Gasteiger partial charge in [0.2, 0.25) is 11.8 Å². The highest BCUT2D eigenvalue weighted by Crippen LogP contribution is 2.42. The van der Waals surface area contributed by atoms with E-state index in [1.807, 2.05) is 39.3 Å². The Labute approximate surface area is 245 Å². The van der Waals surface area contributed by atoms with E-state index in [0.29, 0.717) is 28.8 Å². The van der Waals surface area contributed by atoms with Crippen molar-refractivity contribution in [2.24, 2.45) is 0 Å². The van der Waals surface area contributed by atoms with Crippen molar-refractivity contribution in [2.45, 2.75) is 25.2 Å². The Morgan fingerprint density at radius 1 is 1.02 bits per heavy atom. The third kappa shape index (κ3) is 7.01. The molecule has 1 aliphatic rings. The van der Waals surface area contributed by atoms with Crippen molar-refractivity contribution in [1.82, 2.24) is 19.9 Å². The quantitative estimate of drug-likeness (QED) is 0.214. The molecule has 2 aromatic heterocycles. The third-order valence-electron chi connectivity index (χ3n) is 7.15. The van der Waals surface area contributed by atoms with Gasteiger partial charge in [0.15, 0.2) is 0 Å². The summed E-state index contributed by atoms with van der Waals surface area (Å²) in [5, 5.41) is 5.90. The van der Waals surface area contributed by atoms with Gasteiger partial charge in [-0.05, 0) is 99.9 Å². The van der Waals surface area contributed by atoms with Crippen molar-refractivity contribution in [3.05, 3.63) is 83.9 Å². The number of nitrogens with one attached hydrogen (secondary N) is 2. The monoisotopic (exact) mass is 569 g/mol. The van der Waals surface area contributed by atoms with E-state index in [1.165, 1.54) is 23.8 Å². The number of anilines is 3. The molecule has 2 N–H and O–H groups in total. The lowest BCUT2D eigenvalue weighted by atomic mass is 10.1. The first kappa shape index (κ1) is 28.9. The van der Waals surface area contributed by atoms with Crippen LogP contribution in [-0.2, 0) is 0 Å². The number of ether oxygens (including phenoxy) is 1. The highest BCUT2D eigenvalue weighted by molar-refractivity contribution is 6.06. The normalized spacial score (nSPS) is 12.7. The molecule has 0 atom stereocenters. The van der Waals surface area contributed by atoms with Crippen LogP contribution < -0.4 is 20.3 Å². The van der Waals surface area contributed by atoms with Crippen molar-refractivity contribution in [1.29, 1.82) is 0 Å². The SMILES string of the molecule is CNc1nccc(-c2cccnc2Oc2ccc(F)c(C(=O)Nc3cc(C4CC4)ccc3N(C)CCCN(C)C)c2)n1. The second-order valence-corrected chi connectivity index (χ2v) is 10.7. The zero-order chi connectivity index (χ0) is 29.6. The Morgan fingerprint density at radius 2 is 1.86 bits per heavy atom. The van der Waals surface area contributed by atoms with Crippen LogP contribution in [0.4, 0.5) is 21.7 Å². The lowest BCUT2D eigenvalue weighted by Crippen LogP contribution is -2.25. The van der Waals surface area contributed by atoms with Crippen molar-refractivity contribution in [2.75, 3.05) is 56.8 Å². The molecule has 0 bridgehead atoms. The molecule has 0 aliphatic heterocycles. The number of carbonyl (C=O) groups excluding carboxylic acids is 1. The van der Waals surface area contributed by atoms with Crippen LogP contribution in [0.2, 0.25) is 0 Å². The van der Waals surface area contributed by atoms with E-state index in [-0.39, 0.29) is 17.2 Å². The molecule has 0 radical (unpaired) electrons. The molecule has 5 rings (SSSR count). The van der Waals surface area contributed by atoms with Gasteiger partial charge in [-0.3, -0.25) is 4.79 Å². The van der Waals surface area contributed by atoms with Crippen LogP contribution in [-0.4, -0.2) is 67.0 Å². The fourth-order valence-corrected chi connectivity index (χ4v) is 4.74. The van der Waals surface area contributed by atoms with Crippen LogP contribution in [0.3, 0.4) is 0 Å². The molecule has 2 aromatic carbocycles. The van der Waals surface area contributed by atoms with E-state index in [9.17, 15) is 4.79 Å². The second-order valence-electron chi connectivity index (χ2n) is 10.7. The van der Waals surface area contributed by atoms with Gasteiger partial charge >= 0.3 is 0 Å². The van der Waals surface area contributed by atoms with E-state index in [1.54, 1.807) is 31.6 Å². The Kier molecular flexibility index (Phi) is 8.92. The number of benzene rings is 2. The number of hydrogen-bond donors (Lipinski definition) is 2. The van der Waals surface area contributed by atoms with Gasteiger partial charge in [0.05, 0.1) is 28.2 Å². The van der Waals surface area contributed by atoms with E-state index in [0.717, 1.165) is 38.0 Å². The second kappa shape index (κ2) is 12.9. The van der Waals surface area contributed by atoms with Gasteiger partial charge in [0.25, 0.3) is 5.91 Å². The highest BCUT2D eigenvalue weighted by Gasteiger charge is 2.25. The molecule has 42 heavy (non-hydrogen) atoms. The standard InChI is InChI=1S/C32H36FN7O2/c1-34-32-36-16-14-27(38-32)24-7-5-15-35-31(24)42-23-11-12-26(33)25(20-23)30(41)37-28-19-22(21-8-9-21)10-13-29(28)40(4)18-6-17-39(2)3/h5,7,10-16,19-21H,6,8-9,17-18H2,1-4H3,(H,37,41)(H,34,36,38). The van der Waals surface area contributed by atoms with Crippen molar-refractivity contribution in [3.63, 3.8) is 0 Å². The molecule has 218 valence electrons. The summed E-state index contributed by atoms with van der Waals surface area (Å²) in [6.07, 6.45) is 6.48. The first-order chi connectivity index (χ1) is 20.3. The molecule has 0 spiro atoms. The topological polar surface area (TPSA) is 95.5 Å². The van der Waals surface area contributed by atoms with Gasteiger partial charge in [0, 0.05) is 33.0 Å². The molecule has 4 aromatic rings. The molecule has 1 fully saturated rings. The van der Waals surface area contributed by atoms with Gasteiger partial charge < -0.3 is 25.2 Å². The number of nitrogens with zero attached hydrogens (tertiary/aromatic N) is 5. The number of hydrogen-bond acceptors (Lipinski definition) is 8. The zero-order valence-corrected chi connectivity index (χ0v) is 24.4. The smallest absolute Gasteiger partial charge is 0.258 e. The molecule has 2 heterocycles. The summed E-state index contributed by atoms with van der Waals surface area (Å²) in [6.45, 7) is 1.77. The minimum atomic E-state index is -0.644. The number of halogens is 1. The number of pyridine rings is 1. The summed E-state index contributed by atoms with van der Waals surface area (Å²) in [7, 11) is 7.84. The minimum absolute atomic E-state index is 0.123. The maximum Gasteiger partial charge on any atom is 0.258 e. The average Bonchev–Trinajstić information content (AvgIpc) is 3.84. The highest BCUT2D eigenvalue weighted by atomic mass is 19.1. The van der Waals surface area contributed by atoms with Gasteiger partial charge in [-0.25, -0.2) is 19.3 Å². The Bertz CT molecular complexity index is 1560. The first-order valence-electron chi connectivity index (χ1n) is 14.1. The molecule has 10 heteroatoms. The summed E-state index contributed by atoms with van der Waals surface area (Å²) in [5.41, 5.74) is 3.85. The van der Waals surface area contributed by atoms with E-state index >= 15 is 4.39 Å². The maximum atomic E-state index is 15.0. The summed E-state index contributed by atoms with van der Waals surface area (Å²) >= 11 is 0. The van der Waals surface area contributed by atoms with Crippen molar-refractivity contribution in [3.8, 4) is 22.9 Å². The fraction of sp³-hybridized carbons (Fsp3) is 0.312. The molecular weight excluding hydrogens is 533 g/mol.